The zero-order chi connectivity index (χ0) is 22.8. The van der Waals surface area contributed by atoms with Gasteiger partial charge in [-0.15, -0.1) is 24.0 Å². The van der Waals surface area contributed by atoms with Crippen LogP contribution in [0.1, 0.15) is 43.2 Å². The first-order valence-electron chi connectivity index (χ1n) is 10.9. The molecule has 0 saturated carbocycles. The van der Waals surface area contributed by atoms with Gasteiger partial charge in [0.05, 0.1) is 25.4 Å². The van der Waals surface area contributed by atoms with E-state index in [9.17, 15) is 0 Å². The summed E-state index contributed by atoms with van der Waals surface area (Å²) in [5.41, 5.74) is 1.77. The first kappa shape index (κ1) is 26.4. The smallest absolute Gasteiger partial charge is 0.224 e. The maximum atomic E-state index is 6.00. The van der Waals surface area contributed by atoms with E-state index in [0.717, 1.165) is 35.7 Å². The van der Waals surface area contributed by atoms with Gasteiger partial charge < -0.3 is 24.5 Å². The van der Waals surface area contributed by atoms with E-state index in [1.807, 2.05) is 57.2 Å². The maximum Gasteiger partial charge on any atom is 0.224 e. The highest BCUT2D eigenvalue weighted by atomic mass is 127. The fourth-order valence-corrected chi connectivity index (χ4v) is 2.85. The van der Waals surface area contributed by atoms with Crippen LogP contribution >= 0.6 is 24.0 Å². The Morgan fingerprint density at radius 3 is 2.48 bits per heavy atom. The molecule has 2 heterocycles. The van der Waals surface area contributed by atoms with Crippen LogP contribution in [0.4, 0.5) is 0 Å². The zero-order valence-corrected chi connectivity index (χ0v) is 21.9. The number of ether oxygens (including phenoxy) is 2. The minimum atomic E-state index is 0. The van der Waals surface area contributed by atoms with Crippen LogP contribution in [-0.4, -0.2) is 29.1 Å². The summed E-state index contributed by atoms with van der Waals surface area (Å²) >= 11 is 0. The van der Waals surface area contributed by atoms with Crippen molar-refractivity contribution in [2.75, 3.05) is 13.2 Å². The number of guanidine groups is 1. The van der Waals surface area contributed by atoms with E-state index in [0.29, 0.717) is 43.2 Å². The van der Waals surface area contributed by atoms with E-state index in [1.165, 1.54) is 0 Å². The fraction of sp³-hybridized carbons (Fsp3) is 0.375. The molecule has 0 aliphatic carbocycles. The summed E-state index contributed by atoms with van der Waals surface area (Å²) in [6.45, 7) is 10.2. The van der Waals surface area contributed by atoms with Crippen LogP contribution in [0.25, 0.3) is 0 Å². The lowest BCUT2D eigenvalue weighted by molar-refractivity contribution is 0.317. The summed E-state index contributed by atoms with van der Waals surface area (Å²) in [6.07, 6.45) is 2.68. The third-order valence-electron chi connectivity index (χ3n) is 4.59. The molecule has 178 valence electrons. The van der Waals surface area contributed by atoms with Crippen LogP contribution in [0, 0.1) is 13.8 Å². The molecule has 0 aliphatic heterocycles. The predicted octanol–water partition coefficient (Wildman–Crippen LogP) is 5.14. The topological polar surface area (TPSA) is 93.8 Å². The Hall–Kier alpha value is -2.82. The van der Waals surface area contributed by atoms with E-state index in [2.05, 4.69) is 32.5 Å². The normalized spacial score (nSPS) is 11.0. The van der Waals surface area contributed by atoms with Gasteiger partial charge in [-0.1, -0.05) is 13.0 Å². The number of hydrogen-bond donors (Lipinski definition) is 2. The van der Waals surface area contributed by atoms with Gasteiger partial charge >= 0.3 is 0 Å². The molecule has 0 unspecified atom stereocenters. The summed E-state index contributed by atoms with van der Waals surface area (Å²) in [4.78, 5) is 13.4. The number of benzene rings is 1. The van der Waals surface area contributed by atoms with Crippen molar-refractivity contribution in [1.29, 1.82) is 0 Å². The number of rotatable bonds is 10. The van der Waals surface area contributed by atoms with Gasteiger partial charge in [-0.3, -0.25) is 0 Å². The third-order valence-corrected chi connectivity index (χ3v) is 4.59. The molecule has 0 atom stereocenters. The Kier molecular flexibility index (Phi) is 10.9. The standard InChI is InChI=1S/C24H31N5O3.HI/c1-5-14-30-20-9-11-21(12-10-20)32-23-19(8-7-13-26-23)15-27-24(25-6-2)28-16-22-29-17(3)18(4)31-22;/h7-13H,5-6,14-16H2,1-4H3,(H2,25,27,28);1H. The van der Waals surface area contributed by atoms with E-state index >= 15 is 0 Å². The summed E-state index contributed by atoms with van der Waals surface area (Å²) in [7, 11) is 0. The van der Waals surface area contributed by atoms with Gasteiger partial charge in [-0.25, -0.2) is 15.0 Å². The fourth-order valence-electron chi connectivity index (χ4n) is 2.85. The van der Waals surface area contributed by atoms with Gasteiger partial charge in [0.15, 0.2) is 5.96 Å². The largest absolute Gasteiger partial charge is 0.494 e. The van der Waals surface area contributed by atoms with Gasteiger partial charge in [-0.2, -0.15) is 0 Å². The van der Waals surface area contributed by atoms with Crippen molar-refractivity contribution >= 4 is 29.9 Å². The van der Waals surface area contributed by atoms with Gasteiger partial charge in [0.2, 0.25) is 11.8 Å². The van der Waals surface area contributed by atoms with Gasteiger partial charge in [-0.05, 0) is 57.5 Å². The van der Waals surface area contributed by atoms with Gasteiger partial charge in [0.25, 0.3) is 0 Å². The molecule has 33 heavy (non-hydrogen) atoms. The summed E-state index contributed by atoms with van der Waals surface area (Å²) in [6, 6.07) is 11.4. The SMILES string of the molecule is CCCOc1ccc(Oc2ncccc2CN=C(NCC)NCc2nc(C)c(C)o2)cc1.I. The molecule has 1 aromatic carbocycles. The van der Waals surface area contributed by atoms with Gasteiger partial charge in [0, 0.05) is 18.3 Å². The number of aromatic nitrogens is 2. The first-order chi connectivity index (χ1) is 15.6. The van der Waals surface area contributed by atoms with E-state index in [-0.39, 0.29) is 24.0 Å². The van der Waals surface area contributed by atoms with E-state index in [4.69, 9.17) is 13.9 Å². The molecular weight excluding hydrogens is 533 g/mol. The third kappa shape index (κ3) is 8.23. The molecule has 0 bridgehead atoms. The van der Waals surface area contributed by atoms with Crippen molar-refractivity contribution in [3.05, 3.63) is 65.5 Å². The molecule has 0 amide bonds. The van der Waals surface area contributed by atoms with Crippen molar-refractivity contribution in [3.63, 3.8) is 0 Å². The highest BCUT2D eigenvalue weighted by Crippen LogP contribution is 2.25. The number of oxazole rings is 1. The molecule has 3 aromatic rings. The average Bonchev–Trinajstić information content (AvgIpc) is 3.13. The molecule has 0 radical (unpaired) electrons. The van der Waals surface area contributed by atoms with Crippen LogP contribution in [0.5, 0.6) is 17.4 Å². The Morgan fingerprint density at radius 2 is 1.82 bits per heavy atom. The van der Waals surface area contributed by atoms with Crippen molar-refractivity contribution in [2.24, 2.45) is 4.99 Å². The predicted molar refractivity (Wildman–Crippen MR) is 140 cm³/mol. The monoisotopic (exact) mass is 565 g/mol. The summed E-state index contributed by atoms with van der Waals surface area (Å²) in [5, 5.41) is 6.48. The zero-order valence-electron chi connectivity index (χ0n) is 19.6. The number of pyridine rings is 1. The van der Waals surface area contributed by atoms with Crippen LogP contribution < -0.4 is 20.1 Å². The quantitative estimate of drug-likeness (QED) is 0.200. The minimum Gasteiger partial charge on any atom is -0.494 e. The van der Waals surface area contributed by atoms with Crippen LogP contribution in [-0.2, 0) is 13.1 Å². The second-order valence-electron chi connectivity index (χ2n) is 7.19. The molecule has 0 fully saturated rings. The lowest BCUT2D eigenvalue weighted by Crippen LogP contribution is -2.36. The van der Waals surface area contributed by atoms with E-state index < -0.39 is 0 Å². The number of nitrogens with one attached hydrogen (secondary N) is 2. The maximum absolute atomic E-state index is 6.00. The molecule has 2 N–H and O–H groups in total. The number of halogens is 1. The summed E-state index contributed by atoms with van der Waals surface area (Å²) < 4.78 is 17.3. The molecule has 3 rings (SSSR count). The number of aliphatic imine (C=N–C) groups is 1. The summed E-state index contributed by atoms with van der Waals surface area (Å²) in [5.74, 6) is 4.15. The molecule has 2 aromatic heterocycles. The molecule has 0 saturated heterocycles. The van der Waals surface area contributed by atoms with Crippen LogP contribution in [0.3, 0.4) is 0 Å². The number of aryl methyl sites for hydroxylation is 2. The average molecular weight is 565 g/mol. The molecule has 9 heteroatoms. The molecule has 0 spiro atoms. The lowest BCUT2D eigenvalue weighted by Gasteiger charge is -2.12. The van der Waals surface area contributed by atoms with Crippen molar-refractivity contribution < 1.29 is 13.9 Å². The minimum absolute atomic E-state index is 0. The molecule has 8 nitrogen and oxygen atoms in total. The van der Waals surface area contributed by atoms with Crippen molar-refractivity contribution in [2.45, 2.75) is 47.2 Å². The Balaban J connectivity index is 0.00000385. The molecular formula is C24H32IN5O3. The highest BCUT2D eigenvalue weighted by Gasteiger charge is 2.09. The van der Waals surface area contributed by atoms with Crippen molar-refractivity contribution in [1.82, 2.24) is 20.6 Å². The number of hydrogen-bond acceptors (Lipinski definition) is 6. The Morgan fingerprint density at radius 1 is 1.06 bits per heavy atom. The Labute approximate surface area is 212 Å². The second kappa shape index (κ2) is 13.7. The highest BCUT2D eigenvalue weighted by molar-refractivity contribution is 14.0. The van der Waals surface area contributed by atoms with Crippen LogP contribution in [0.15, 0.2) is 52.0 Å². The lowest BCUT2D eigenvalue weighted by atomic mass is 10.2. The first-order valence-corrected chi connectivity index (χ1v) is 10.9. The van der Waals surface area contributed by atoms with Crippen LogP contribution in [0.2, 0.25) is 0 Å². The van der Waals surface area contributed by atoms with Gasteiger partial charge in [0.1, 0.15) is 17.3 Å². The van der Waals surface area contributed by atoms with E-state index in [1.54, 1.807) is 6.20 Å². The molecule has 0 aliphatic rings. The van der Waals surface area contributed by atoms with Crippen molar-refractivity contribution in [3.8, 4) is 17.4 Å². The Bertz CT molecular complexity index is 1000. The number of nitrogens with zero attached hydrogens (tertiary/aromatic N) is 3. The second-order valence-corrected chi connectivity index (χ2v) is 7.19.